The highest BCUT2D eigenvalue weighted by Gasteiger charge is 2.00. The van der Waals surface area contributed by atoms with Crippen LogP contribution in [0.4, 0.5) is 10.6 Å². The Balaban J connectivity index is 2.54. The largest absolute Gasteiger partial charge is 0.340 e. The fraction of sp³-hybridized carbons (Fsp3) is 0.167. The summed E-state index contributed by atoms with van der Waals surface area (Å²) in [5.41, 5.74) is 4.83. The predicted octanol–water partition coefficient (Wildman–Crippen LogP) is 0.386. The van der Waals surface area contributed by atoms with Gasteiger partial charge in [-0.1, -0.05) is 11.6 Å². The molecule has 0 saturated carbocycles. The van der Waals surface area contributed by atoms with E-state index in [0.717, 1.165) is 0 Å². The van der Waals surface area contributed by atoms with Crippen LogP contribution in [-0.2, 0) is 0 Å². The molecule has 0 aromatic carbocycles. The van der Waals surface area contributed by atoms with Crippen molar-refractivity contribution >= 4 is 23.4 Å². The fourth-order valence-corrected chi connectivity index (χ4v) is 0.735. The molecule has 0 aliphatic carbocycles. The minimum absolute atomic E-state index is 0.332. The van der Waals surface area contributed by atoms with Gasteiger partial charge < -0.3 is 5.32 Å². The van der Waals surface area contributed by atoms with E-state index in [9.17, 15) is 4.79 Å². The van der Waals surface area contributed by atoms with Gasteiger partial charge in [0, 0.05) is 7.05 Å². The fourth-order valence-electron chi connectivity index (χ4n) is 0.583. The number of nitrogens with zero attached hydrogens (tertiary/aromatic N) is 2. The van der Waals surface area contributed by atoms with Gasteiger partial charge in [0.15, 0.2) is 5.82 Å². The molecular formula is C6H8ClN5O. The zero-order valence-corrected chi connectivity index (χ0v) is 7.59. The van der Waals surface area contributed by atoms with Gasteiger partial charge in [0.05, 0.1) is 6.20 Å². The second kappa shape index (κ2) is 4.46. The number of aromatic nitrogens is 2. The van der Waals surface area contributed by atoms with E-state index in [0.29, 0.717) is 10.8 Å². The van der Waals surface area contributed by atoms with Crippen LogP contribution in [0.1, 0.15) is 0 Å². The van der Waals surface area contributed by atoms with E-state index in [1.807, 2.05) is 0 Å². The molecule has 0 radical (unpaired) electrons. The highest BCUT2D eigenvalue weighted by molar-refractivity contribution is 6.32. The van der Waals surface area contributed by atoms with Crippen LogP contribution in [-0.4, -0.2) is 23.0 Å². The molecule has 1 rings (SSSR count). The highest BCUT2D eigenvalue weighted by Crippen LogP contribution is 2.14. The number of hydrazine groups is 1. The molecule has 6 nitrogen and oxygen atoms in total. The van der Waals surface area contributed by atoms with Gasteiger partial charge in [0.1, 0.15) is 11.3 Å². The average Bonchev–Trinajstić information content (AvgIpc) is 2.16. The first-order valence-corrected chi connectivity index (χ1v) is 3.81. The summed E-state index contributed by atoms with van der Waals surface area (Å²) < 4.78 is 0. The van der Waals surface area contributed by atoms with Crippen LogP contribution >= 0.6 is 11.6 Å². The van der Waals surface area contributed by atoms with Crippen molar-refractivity contribution in [3.05, 3.63) is 17.5 Å². The Morgan fingerprint density at radius 2 is 2.38 bits per heavy atom. The van der Waals surface area contributed by atoms with Crippen LogP contribution in [0, 0.1) is 0 Å². The average molecular weight is 202 g/mol. The number of carbonyl (C=O) groups excluding carboxylic acids is 1. The molecule has 0 saturated heterocycles. The van der Waals surface area contributed by atoms with Crippen LogP contribution in [0.25, 0.3) is 0 Å². The van der Waals surface area contributed by atoms with E-state index in [1.54, 1.807) is 0 Å². The van der Waals surface area contributed by atoms with Crippen molar-refractivity contribution in [3.63, 3.8) is 0 Å². The first kappa shape index (κ1) is 9.53. The SMILES string of the molecule is CNC(=O)NNc1ncncc1Cl. The van der Waals surface area contributed by atoms with Crippen molar-refractivity contribution in [1.29, 1.82) is 0 Å². The lowest BCUT2D eigenvalue weighted by Gasteiger charge is -2.06. The van der Waals surface area contributed by atoms with Crippen molar-refractivity contribution in [3.8, 4) is 0 Å². The zero-order chi connectivity index (χ0) is 9.68. The third-order valence-electron chi connectivity index (χ3n) is 1.19. The first-order chi connectivity index (χ1) is 6.24. The summed E-state index contributed by atoms with van der Waals surface area (Å²) in [4.78, 5) is 18.2. The molecule has 0 bridgehead atoms. The number of hydrogen-bond acceptors (Lipinski definition) is 4. The summed E-state index contributed by atoms with van der Waals surface area (Å²) in [6.45, 7) is 0. The van der Waals surface area contributed by atoms with Gasteiger partial charge in [0.25, 0.3) is 0 Å². The van der Waals surface area contributed by atoms with Gasteiger partial charge in [-0.3, -0.25) is 10.9 Å². The van der Waals surface area contributed by atoms with Gasteiger partial charge >= 0.3 is 6.03 Å². The minimum atomic E-state index is -0.380. The smallest absolute Gasteiger partial charge is 0.333 e. The van der Waals surface area contributed by atoms with Crippen molar-refractivity contribution in [2.45, 2.75) is 0 Å². The standard InChI is InChI=1S/C6H8ClN5O/c1-8-6(13)12-11-5-4(7)2-9-3-10-5/h2-3H,1H3,(H2,8,12,13)(H,9,10,11). The molecule has 2 amide bonds. The number of urea groups is 1. The second-order valence-corrected chi connectivity index (χ2v) is 2.46. The molecule has 0 aliphatic rings. The molecule has 1 aromatic heterocycles. The number of halogens is 1. The molecule has 3 N–H and O–H groups in total. The molecule has 1 heterocycles. The monoisotopic (exact) mass is 201 g/mol. The molecule has 1 aromatic rings. The van der Waals surface area contributed by atoms with E-state index in [4.69, 9.17) is 11.6 Å². The molecular weight excluding hydrogens is 194 g/mol. The first-order valence-electron chi connectivity index (χ1n) is 3.43. The summed E-state index contributed by atoms with van der Waals surface area (Å²) in [6.07, 6.45) is 2.74. The van der Waals surface area contributed by atoms with E-state index in [2.05, 4.69) is 26.1 Å². The summed E-state index contributed by atoms with van der Waals surface area (Å²) >= 11 is 5.69. The molecule has 0 aliphatic heterocycles. The number of amides is 2. The molecule has 70 valence electrons. The Morgan fingerprint density at radius 3 is 3.00 bits per heavy atom. The summed E-state index contributed by atoms with van der Waals surface area (Å²) in [5.74, 6) is 0.347. The number of carbonyl (C=O) groups is 1. The summed E-state index contributed by atoms with van der Waals surface area (Å²) in [7, 11) is 1.50. The Labute approximate surface area is 79.7 Å². The molecule has 0 fully saturated rings. The number of rotatable bonds is 2. The molecule has 0 atom stereocenters. The molecule has 0 spiro atoms. The maximum absolute atomic E-state index is 10.7. The van der Waals surface area contributed by atoms with Crippen LogP contribution in [0.15, 0.2) is 12.5 Å². The molecule has 7 heteroatoms. The second-order valence-electron chi connectivity index (χ2n) is 2.05. The van der Waals surface area contributed by atoms with Gasteiger partial charge in [-0.15, -0.1) is 0 Å². The van der Waals surface area contributed by atoms with Crippen LogP contribution in [0.3, 0.4) is 0 Å². The van der Waals surface area contributed by atoms with E-state index in [1.165, 1.54) is 19.6 Å². The van der Waals surface area contributed by atoms with E-state index >= 15 is 0 Å². The summed E-state index contributed by atoms with van der Waals surface area (Å²) in [5, 5.41) is 2.69. The van der Waals surface area contributed by atoms with Crippen LogP contribution in [0.2, 0.25) is 5.02 Å². The molecule has 13 heavy (non-hydrogen) atoms. The lowest BCUT2D eigenvalue weighted by Crippen LogP contribution is -2.37. The number of nitrogens with one attached hydrogen (secondary N) is 3. The van der Waals surface area contributed by atoms with Gasteiger partial charge in [-0.25, -0.2) is 14.8 Å². The van der Waals surface area contributed by atoms with Gasteiger partial charge in [0.2, 0.25) is 0 Å². The van der Waals surface area contributed by atoms with E-state index < -0.39 is 0 Å². The number of hydrogen-bond donors (Lipinski definition) is 3. The number of anilines is 1. The van der Waals surface area contributed by atoms with Crippen LogP contribution in [0.5, 0.6) is 0 Å². The Bertz CT molecular complexity index is 305. The minimum Gasteiger partial charge on any atom is -0.340 e. The normalized spacial score (nSPS) is 9.08. The Kier molecular flexibility index (Phi) is 3.27. The summed E-state index contributed by atoms with van der Waals surface area (Å²) in [6, 6.07) is -0.380. The lowest BCUT2D eigenvalue weighted by molar-refractivity contribution is 0.244. The third-order valence-corrected chi connectivity index (χ3v) is 1.47. The van der Waals surface area contributed by atoms with Crippen molar-refractivity contribution in [2.75, 3.05) is 12.5 Å². The van der Waals surface area contributed by atoms with Crippen molar-refractivity contribution in [1.82, 2.24) is 20.7 Å². The maximum atomic E-state index is 10.7. The van der Waals surface area contributed by atoms with Crippen molar-refractivity contribution in [2.24, 2.45) is 0 Å². The quantitative estimate of drug-likeness (QED) is 0.605. The topological polar surface area (TPSA) is 78.9 Å². The zero-order valence-electron chi connectivity index (χ0n) is 6.84. The van der Waals surface area contributed by atoms with Crippen LogP contribution < -0.4 is 16.2 Å². The Hall–Kier alpha value is -1.56. The lowest BCUT2D eigenvalue weighted by atomic mass is 10.6. The highest BCUT2D eigenvalue weighted by atomic mass is 35.5. The Morgan fingerprint density at radius 1 is 1.62 bits per heavy atom. The predicted molar refractivity (Wildman–Crippen MR) is 48.3 cm³/mol. The maximum Gasteiger partial charge on any atom is 0.333 e. The van der Waals surface area contributed by atoms with Gasteiger partial charge in [-0.2, -0.15) is 0 Å². The molecule has 0 unspecified atom stereocenters. The van der Waals surface area contributed by atoms with Crippen molar-refractivity contribution < 1.29 is 4.79 Å². The van der Waals surface area contributed by atoms with E-state index in [-0.39, 0.29) is 6.03 Å². The third kappa shape index (κ3) is 2.75. The van der Waals surface area contributed by atoms with Gasteiger partial charge in [-0.05, 0) is 0 Å².